The van der Waals surface area contributed by atoms with Gasteiger partial charge in [0.2, 0.25) is 0 Å². The molecule has 2 nitrogen and oxygen atoms in total. The number of H-pyrrole nitrogens is 1. The third kappa shape index (κ3) is 2.09. The fourth-order valence-corrected chi connectivity index (χ4v) is 2.97. The first-order valence-corrected chi connectivity index (χ1v) is 7.42. The number of rotatable bonds is 2. The lowest BCUT2D eigenvalue weighted by molar-refractivity contribution is 1.31. The first kappa shape index (κ1) is 13.1. The first-order valence-electron chi connectivity index (χ1n) is 7.04. The topological polar surface area (TPSA) is 28.7 Å². The number of nitrogens with zero attached hydrogens (tertiary/aromatic N) is 1. The summed E-state index contributed by atoms with van der Waals surface area (Å²) in [6.07, 6.45) is 1.70. The molecular weight excluding hydrogens is 292 g/mol. The molecule has 3 heteroatoms. The number of nitrogens with one attached hydrogen (secondary N) is 1. The minimum absolute atomic E-state index is 0.472. The zero-order valence-corrected chi connectivity index (χ0v) is 12.6. The fourth-order valence-electron chi connectivity index (χ4n) is 2.79. The summed E-state index contributed by atoms with van der Waals surface area (Å²) in [7, 11) is 0. The van der Waals surface area contributed by atoms with Gasteiger partial charge in [-0.15, -0.1) is 0 Å². The molecule has 0 saturated heterocycles. The van der Waals surface area contributed by atoms with Crippen molar-refractivity contribution < 1.29 is 0 Å². The molecule has 1 N–H and O–H groups in total. The largest absolute Gasteiger partial charge is 0.355 e. The smallest absolute Gasteiger partial charge is 0.129 e. The van der Waals surface area contributed by atoms with E-state index < -0.39 is 0 Å². The van der Waals surface area contributed by atoms with E-state index in [9.17, 15) is 0 Å². The number of halogens is 1. The van der Waals surface area contributed by atoms with Crippen molar-refractivity contribution in [1.29, 1.82) is 0 Å². The van der Waals surface area contributed by atoms with Crippen LogP contribution in [-0.4, -0.2) is 9.97 Å². The van der Waals surface area contributed by atoms with Crippen molar-refractivity contribution in [3.8, 4) is 0 Å². The molecule has 0 saturated carbocycles. The summed E-state index contributed by atoms with van der Waals surface area (Å²) < 4.78 is 0. The van der Waals surface area contributed by atoms with E-state index in [-0.39, 0.29) is 0 Å². The van der Waals surface area contributed by atoms with Crippen LogP contribution in [0.4, 0.5) is 0 Å². The number of fused-ring (bicyclic) bond motifs is 3. The molecule has 0 atom stereocenters. The first-order chi connectivity index (χ1) is 10.7. The zero-order valence-electron chi connectivity index (χ0n) is 11.8. The lowest BCUT2D eigenvalue weighted by Crippen LogP contribution is -1.87. The average Bonchev–Trinajstić information content (AvgIpc) is 2.99. The summed E-state index contributed by atoms with van der Waals surface area (Å²) in [6, 6.07) is 18.5. The van der Waals surface area contributed by atoms with E-state index in [1.807, 2.05) is 12.1 Å². The van der Waals surface area contributed by atoms with Crippen LogP contribution in [0.2, 0.25) is 5.15 Å². The Balaban J connectivity index is 1.89. The number of pyridine rings is 1. The van der Waals surface area contributed by atoms with E-state index in [4.69, 9.17) is 11.6 Å². The van der Waals surface area contributed by atoms with Crippen molar-refractivity contribution in [3.63, 3.8) is 0 Å². The maximum Gasteiger partial charge on any atom is 0.129 e. The maximum absolute atomic E-state index is 5.97. The molecule has 0 spiro atoms. The Bertz CT molecular complexity index is 1010. The Morgan fingerprint density at radius 1 is 1.00 bits per heavy atom. The van der Waals surface area contributed by atoms with E-state index in [0.29, 0.717) is 5.15 Å². The normalized spacial score (nSPS) is 11.1. The highest BCUT2D eigenvalue weighted by atomic mass is 35.5. The van der Waals surface area contributed by atoms with Gasteiger partial charge in [-0.05, 0) is 46.2 Å². The van der Waals surface area contributed by atoms with Crippen molar-refractivity contribution in [1.82, 2.24) is 9.97 Å². The molecule has 2 aromatic heterocycles. The SMILES string of the molecule is C=C(c1ccnc(Cl)c1)c1cc2c(ccc3ccccc32)[nH]1. The van der Waals surface area contributed by atoms with E-state index in [1.165, 1.54) is 16.2 Å². The van der Waals surface area contributed by atoms with Crippen LogP contribution < -0.4 is 0 Å². The van der Waals surface area contributed by atoms with Crippen LogP contribution >= 0.6 is 11.6 Å². The molecule has 2 heterocycles. The molecule has 4 aromatic rings. The van der Waals surface area contributed by atoms with Gasteiger partial charge < -0.3 is 4.98 Å². The molecule has 4 rings (SSSR count). The molecule has 0 bridgehead atoms. The number of hydrogen-bond donors (Lipinski definition) is 1. The van der Waals surface area contributed by atoms with Gasteiger partial charge in [0.15, 0.2) is 0 Å². The molecule has 2 aromatic carbocycles. The van der Waals surface area contributed by atoms with E-state index in [2.05, 4.69) is 59.0 Å². The maximum atomic E-state index is 5.97. The van der Waals surface area contributed by atoms with Crippen molar-refractivity contribution in [2.75, 3.05) is 0 Å². The fraction of sp³-hybridized carbons (Fsp3) is 0. The summed E-state index contributed by atoms with van der Waals surface area (Å²) in [5, 5.41) is 4.15. The van der Waals surface area contributed by atoms with Gasteiger partial charge in [-0.1, -0.05) is 48.5 Å². The van der Waals surface area contributed by atoms with Crippen LogP contribution in [0.1, 0.15) is 11.3 Å². The highest BCUT2D eigenvalue weighted by Gasteiger charge is 2.09. The summed E-state index contributed by atoms with van der Waals surface area (Å²) in [5.74, 6) is 0. The molecule has 0 radical (unpaired) electrons. The van der Waals surface area contributed by atoms with Crippen LogP contribution in [-0.2, 0) is 0 Å². The molecule has 106 valence electrons. The Morgan fingerprint density at radius 2 is 1.86 bits per heavy atom. The average molecular weight is 305 g/mol. The van der Waals surface area contributed by atoms with E-state index >= 15 is 0 Å². The Kier molecular flexibility index (Phi) is 2.98. The summed E-state index contributed by atoms with van der Waals surface area (Å²) >= 11 is 5.97. The summed E-state index contributed by atoms with van der Waals surface area (Å²) in [6.45, 7) is 4.19. The molecule has 0 aliphatic heterocycles. The highest BCUT2D eigenvalue weighted by molar-refractivity contribution is 6.29. The van der Waals surface area contributed by atoms with Gasteiger partial charge in [0.1, 0.15) is 5.15 Å². The van der Waals surface area contributed by atoms with Gasteiger partial charge >= 0.3 is 0 Å². The molecule has 0 amide bonds. The summed E-state index contributed by atoms with van der Waals surface area (Å²) in [4.78, 5) is 7.46. The van der Waals surface area contributed by atoms with Crippen LogP contribution in [0.3, 0.4) is 0 Å². The second-order valence-corrected chi connectivity index (χ2v) is 5.66. The van der Waals surface area contributed by atoms with Gasteiger partial charge in [0.25, 0.3) is 0 Å². The van der Waals surface area contributed by atoms with Gasteiger partial charge in [0, 0.05) is 22.8 Å². The summed E-state index contributed by atoms with van der Waals surface area (Å²) in [5.41, 5.74) is 3.98. The number of benzene rings is 2. The molecule has 0 aliphatic carbocycles. The minimum atomic E-state index is 0.472. The number of aromatic nitrogens is 2. The van der Waals surface area contributed by atoms with Crippen molar-refractivity contribution in [2.24, 2.45) is 0 Å². The quantitative estimate of drug-likeness (QED) is 0.491. The third-order valence-electron chi connectivity index (χ3n) is 3.93. The predicted octanol–water partition coefficient (Wildman–Crippen LogP) is 5.43. The molecular formula is C19H13ClN2. The Hall–Kier alpha value is -2.58. The number of aromatic amines is 1. The van der Waals surface area contributed by atoms with Gasteiger partial charge in [-0.3, -0.25) is 0 Å². The molecule has 0 unspecified atom stereocenters. The van der Waals surface area contributed by atoms with Crippen LogP contribution in [0.25, 0.3) is 27.2 Å². The minimum Gasteiger partial charge on any atom is -0.355 e. The van der Waals surface area contributed by atoms with Crippen LogP contribution in [0.5, 0.6) is 0 Å². The van der Waals surface area contributed by atoms with Gasteiger partial charge in [0.05, 0.1) is 0 Å². The standard InChI is InChI=1S/C19H13ClN2/c1-12(14-8-9-21-19(20)10-14)18-11-16-15-5-3-2-4-13(15)6-7-17(16)22-18/h2-11,22H,1H2. The highest BCUT2D eigenvalue weighted by Crippen LogP contribution is 2.30. The van der Waals surface area contributed by atoms with Crippen LogP contribution in [0, 0.1) is 0 Å². The lowest BCUT2D eigenvalue weighted by atomic mass is 10.0. The molecule has 22 heavy (non-hydrogen) atoms. The van der Waals surface area contributed by atoms with E-state index in [0.717, 1.165) is 22.3 Å². The van der Waals surface area contributed by atoms with Crippen molar-refractivity contribution >= 4 is 38.8 Å². The van der Waals surface area contributed by atoms with Gasteiger partial charge in [-0.25, -0.2) is 4.98 Å². The van der Waals surface area contributed by atoms with Gasteiger partial charge in [-0.2, -0.15) is 0 Å². The lowest BCUT2D eigenvalue weighted by Gasteiger charge is -2.03. The van der Waals surface area contributed by atoms with Crippen LogP contribution in [0.15, 0.2) is 67.4 Å². The molecule has 0 aliphatic rings. The molecule has 0 fully saturated rings. The Labute approximate surface area is 133 Å². The van der Waals surface area contributed by atoms with E-state index in [1.54, 1.807) is 6.20 Å². The third-order valence-corrected chi connectivity index (χ3v) is 4.14. The second-order valence-electron chi connectivity index (χ2n) is 5.28. The Morgan fingerprint density at radius 3 is 2.73 bits per heavy atom. The predicted molar refractivity (Wildman–Crippen MR) is 93.2 cm³/mol. The second kappa shape index (κ2) is 5.00. The monoisotopic (exact) mass is 304 g/mol. The van der Waals surface area contributed by atoms with Crippen molar-refractivity contribution in [2.45, 2.75) is 0 Å². The number of hydrogen-bond acceptors (Lipinski definition) is 1. The van der Waals surface area contributed by atoms with Crippen molar-refractivity contribution in [3.05, 3.63) is 83.8 Å². The zero-order chi connectivity index (χ0) is 15.1.